The third-order valence-electron chi connectivity index (χ3n) is 3.53. The lowest BCUT2D eigenvalue weighted by Crippen LogP contribution is -2.51. The van der Waals surface area contributed by atoms with Crippen LogP contribution < -0.4 is 5.32 Å². The van der Waals surface area contributed by atoms with Crippen molar-refractivity contribution >= 4 is 11.8 Å². The molecule has 0 aromatic heterocycles. The van der Waals surface area contributed by atoms with Gasteiger partial charge in [0.25, 0.3) is 0 Å². The Labute approximate surface area is 104 Å². The van der Waals surface area contributed by atoms with Crippen molar-refractivity contribution in [1.82, 2.24) is 10.2 Å². The van der Waals surface area contributed by atoms with Gasteiger partial charge in [0.1, 0.15) is 0 Å². The van der Waals surface area contributed by atoms with E-state index >= 15 is 0 Å². The molecule has 4 heteroatoms. The highest BCUT2D eigenvalue weighted by molar-refractivity contribution is 7.98. The topological polar surface area (TPSA) is 35.5 Å². The number of hydrogen-bond acceptors (Lipinski definition) is 4. The van der Waals surface area contributed by atoms with Crippen LogP contribution in [0.4, 0.5) is 0 Å². The van der Waals surface area contributed by atoms with Crippen LogP contribution in [0.1, 0.15) is 26.2 Å². The van der Waals surface area contributed by atoms with Gasteiger partial charge in [-0.15, -0.1) is 0 Å². The van der Waals surface area contributed by atoms with E-state index in [0.29, 0.717) is 6.04 Å². The van der Waals surface area contributed by atoms with E-state index in [1.165, 1.54) is 0 Å². The van der Waals surface area contributed by atoms with Gasteiger partial charge in [-0.2, -0.15) is 11.8 Å². The molecule has 1 aliphatic rings. The quantitative estimate of drug-likeness (QED) is 0.737. The number of hydrogen-bond donors (Lipinski definition) is 2. The molecule has 0 aromatic carbocycles. The van der Waals surface area contributed by atoms with Crippen LogP contribution in [-0.2, 0) is 0 Å². The summed E-state index contributed by atoms with van der Waals surface area (Å²) in [5, 5.41) is 13.8. The predicted octanol–water partition coefficient (Wildman–Crippen LogP) is 1.17. The molecule has 1 rings (SSSR count). The van der Waals surface area contributed by atoms with Crippen LogP contribution in [0, 0.1) is 0 Å². The smallest absolute Gasteiger partial charge is 0.0798 e. The fourth-order valence-electron chi connectivity index (χ4n) is 2.39. The normalized spacial score (nSPS) is 22.3. The van der Waals surface area contributed by atoms with E-state index < -0.39 is 5.60 Å². The lowest BCUT2D eigenvalue weighted by molar-refractivity contribution is -0.0223. The second kappa shape index (κ2) is 6.84. The molecule has 0 aromatic rings. The summed E-state index contributed by atoms with van der Waals surface area (Å²) in [5.41, 5.74) is -0.466. The molecule has 0 aliphatic carbocycles. The van der Waals surface area contributed by atoms with Crippen molar-refractivity contribution in [1.29, 1.82) is 0 Å². The largest absolute Gasteiger partial charge is 0.388 e. The van der Waals surface area contributed by atoms with Gasteiger partial charge in [0.2, 0.25) is 0 Å². The summed E-state index contributed by atoms with van der Waals surface area (Å²) in [6.07, 6.45) is 5.07. The van der Waals surface area contributed by atoms with Gasteiger partial charge >= 0.3 is 0 Å². The maximum atomic E-state index is 10.5. The van der Waals surface area contributed by atoms with Gasteiger partial charge in [0, 0.05) is 18.3 Å². The van der Waals surface area contributed by atoms with E-state index in [4.69, 9.17) is 0 Å². The molecular formula is C12H26N2OS. The molecule has 1 fully saturated rings. The van der Waals surface area contributed by atoms with Gasteiger partial charge in [0.15, 0.2) is 0 Å². The number of rotatable bonds is 6. The van der Waals surface area contributed by atoms with E-state index in [1.54, 1.807) is 0 Å². The third-order valence-corrected chi connectivity index (χ3v) is 4.25. The summed E-state index contributed by atoms with van der Waals surface area (Å²) < 4.78 is 0. The fourth-order valence-corrected chi connectivity index (χ4v) is 3.27. The van der Waals surface area contributed by atoms with Crippen molar-refractivity contribution in [2.24, 2.45) is 0 Å². The molecular weight excluding hydrogens is 220 g/mol. The molecule has 3 nitrogen and oxygen atoms in total. The zero-order chi connectivity index (χ0) is 12.0. The van der Waals surface area contributed by atoms with E-state index in [-0.39, 0.29) is 0 Å². The monoisotopic (exact) mass is 246 g/mol. The molecule has 2 N–H and O–H groups in total. The van der Waals surface area contributed by atoms with Crippen LogP contribution in [0.3, 0.4) is 0 Å². The van der Waals surface area contributed by atoms with E-state index in [9.17, 15) is 5.11 Å². The second-order valence-electron chi connectivity index (χ2n) is 4.91. The van der Waals surface area contributed by atoms with Gasteiger partial charge in [0.05, 0.1) is 5.60 Å². The average molecular weight is 246 g/mol. The molecule has 1 heterocycles. The van der Waals surface area contributed by atoms with Gasteiger partial charge in [-0.25, -0.2) is 0 Å². The number of nitrogens with zero attached hydrogens (tertiary/aromatic N) is 1. The van der Waals surface area contributed by atoms with Crippen LogP contribution in [0.15, 0.2) is 0 Å². The highest BCUT2D eigenvalue weighted by Crippen LogP contribution is 2.21. The van der Waals surface area contributed by atoms with Crippen LogP contribution in [0.5, 0.6) is 0 Å². The lowest BCUT2D eigenvalue weighted by atomic mass is 9.91. The van der Waals surface area contributed by atoms with Crippen molar-refractivity contribution in [3.8, 4) is 0 Å². The van der Waals surface area contributed by atoms with Crippen molar-refractivity contribution in [3.63, 3.8) is 0 Å². The Morgan fingerprint density at radius 3 is 2.56 bits per heavy atom. The first kappa shape index (κ1) is 14.3. The Bertz CT molecular complexity index is 195. The number of aliphatic hydroxyl groups is 1. The Balaban J connectivity index is 2.43. The van der Waals surface area contributed by atoms with Crippen LogP contribution >= 0.6 is 11.8 Å². The fraction of sp³-hybridized carbons (Fsp3) is 1.00. The first-order chi connectivity index (χ1) is 7.61. The van der Waals surface area contributed by atoms with Crippen molar-refractivity contribution in [3.05, 3.63) is 0 Å². The zero-order valence-corrected chi connectivity index (χ0v) is 11.6. The minimum atomic E-state index is -0.466. The molecule has 1 atom stereocenters. The molecule has 0 radical (unpaired) electrons. The van der Waals surface area contributed by atoms with Gasteiger partial charge in [-0.1, -0.05) is 6.92 Å². The second-order valence-corrected chi connectivity index (χ2v) is 5.82. The summed E-state index contributed by atoms with van der Waals surface area (Å²) in [6.45, 7) is 4.94. The Morgan fingerprint density at radius 2 is 2.06 bits per heavy atom. The van der Waals surface area contributed by atoms with E-state index in [1.807, 2.05) is 11.8 Å². The first-order valence-corrected chi connectivity index (χ1v) is 7.63. The zero-order valence-electron chi connectivity index (χ0n) is 10.8. The maximum absolute atomic E-state index is 10.5. The molecule has 1 aliphatic heterocycles. The highest BCUT2D eigenvalue weighted by Gasteiger charge is 2.31. The maximum Gasteiger partial charge on any atom is 0.0798 e. The first-order valence-electron chi connectivity index (χ1n) is 6.23. The molecule has 0 saturated carbocycles. The number of piperidine rings is 1. The Morgan fingerprint density at radius 1 is 1.44 bits per heavy atom. The molecule has 96 valence electrons. The molecule has 1 unspecified atom stereocenters. The minimum Gasteiger partial charge on any atom is -0.388 e. The Hall–Kier alpha value is 0.230. The minimum absolute atomic E-state index is 0.466. The summed E-state index contributed by atoms with van der Waals surface area (Å²) >= 11 is 1.89. The van der Waals surface area contributed by atoms with E-state index in [0.717, 1.165) is 44.6 Å². The van der Waals surface area contributed by atoms with Gasteiger partial charge < -0.3 is 10.4 Å². The lowest BCUT2D eigenvalue weighted by Gasteiger charge is -2.38. The summed E-state index contributed by atoms with van der Waals surface area (Å²) in [7, 11) is 2.14. The van der Waals surface area contributed by atoms with Crippen molar-refractivity contribution < 1.29 is 5.11 Å². The van der Waals surface area contributed by atoms with Crippen LogP contribution in [-0.4, -0.2) is 60.3 Å². The van der Waals surface area contributed by atoms with Crippen LogP contribution in [0.2, 0.25) is 0 Å². The van der Waals surface area contributed by atoms with Crippen molar-refractivity contribution in [2.45, 2.75) is 37.8 Å². The number of nitrogens with one attached hydrogen (secondary N) is 1. The molecule has 16 heavy (non-hydrogen) atoms. The van der Waals surface area contributed by atoms with Crippen LogP contribution in [0.25, 0.3) is 0 Å². The molecule has 0 spiro atoms. The summed E-state index contributed by atoms with van der Waals surface area (Å²) in [4.78, 5) is 2.34. The van der Waals surface area contributed by atoms with E-state index in [2.05, 4.69) is 30.4 Å². The van der Waals surface area contributed by atoms with Gasteiger partial charge in [-0.05, 0) is 45.7 Å². The number of thioether (sulfide) groups is 1. The molecule has 0 bridgehead atoms. The standard InChI is InChI=1S/C12H26N2OS/c1-4-11(9-16-3)14(2)10-12(15)5-7-13-8-6-12/h11,13,15H,4-10H2,1-3H3. The number of likely N-dealkylation sites (N-methyl/N-ethyl adjacent to an activating group) is 1. The van der Waals surface area contributed by atoms with Gasteiger partial charge in [-0.3, -0.25) is 4.90 Å². The SMILES string of the molecule is CCC(CSC)N(C)CC1(O)CCNCC1. The Kier molecular flexibility index (Phi) is 6.11. The highest BCUT2D eigenvalue weighted by atomic mass is 32.2. The molecule has 0 amide bonds. The molecule has 1 saturated heterocycles. The van der Waals surface area contributed by atoms with Crippen molar-refractivity contribution in [2.75, 3.05) is 38.7 Å². The average Bonchev–Trinajstić information content (AvgIpc) is 2.26. The predicted molar refractivity (Wildman–Crippen MR) is 72.1 cm³/mol. The summed E-state index contributed by atoms with van der Waals surface area (Å²) in [6, 6.07) is 0.592. The summed E-state index contributed by atoms with van der Waals surface area (Å²) in [5.74, 6) is 1.15. The third kappa shape index (κ3) is 4.24.